The van der Waals surface area contributed by atoms with Crippen LogP contribution in [0.4, 0.5) is 5.00 Å². The highest BCUT2D eigenvalue weighted by molar-refractivity contribution is 7.15. The van der Waals surface area contributed by atoms with Crippen LogP contribution in [0.2, 0.25) is 0 Å². The van der Waals surface area contributed by atoms with E-state index in [0.717, 1.165) is 16.7 Å². The summed E-state index contributed by atoms with van der Waals surface area (Å²) in [5, 5.41) is 5.11. The van der Waals surface area contributed by atoms with Gasteiger partial charge in [-0.15, -0.1) is 11.3 Å². The highest BCUT2D eigenvalue weighted by atomic mass is 32.1. The van der Waals surface area contributed by atoms with Crippen molar-refractivity contribution < 1.29 is 19.1 Å². The second-order valence-electron chi connectivity index (χ2n) is 7.78. The van der Waals surface area contributed by atoms with Crippen LogP contribution in [0, 0.1) is 0 Å². The van der Waals surface area contributed by atoms with Crippen LogP contribution in [0.3, 0.4) is 0 Å². The average molecular weight is 464 g/mol. The number of carbonyl (C=O) groups is 3. The molecule has 1 aromatic heterocycles. The van der Waals surface area contributed by atoms with Crippen molar-refractivity contribution in [2.75, 3.05) is 18.5 Å². The number of anilines is 1. The van der Waals surface area contributed by atoms with Gasteiger partial charge in [0.05, 0.1) is 19.2 Å². The largest absolute Gasteiger partial charge is 0.462 e. The van der Waals surface area contributed by atoms with Gasteiger partial charge in [0.2, 0.25) is 11.8 Å². The molecule has 8 heteroatoms. The van der Waals surface area contributed by atoms with E-state index in [1.165, 1.54) is 11.3 Å². The predicted octanol–water partition coefficient (Wildman–Crippen LogP) is 3.44. The van der Waals surface area contributed by atoms with Crippen molar-refractivity contribution in [3.8, 4) is 11.1 Å². The Bertz CT molecular complexity index is 1180. The third-order valence-electron chi connectivity index (χ3n) is 5.63. The maximum absolute atomic E-state index is 13.0. The predicted molar refractivity (Wildman–Crippen MR) is 128 cm³/mol. The summed E-state index contributed by atoms with van der Waals surface area (Å²) >= 11 is 1.27. The number of nitrogens with two attached hydrogens (primary N) is 1. The third kappa shape index (κ3) is 4.97. The van der Waals surface area contributed by atoms with Crippen LogP contribution in [0.25, 0.3) is 11.1 Å². The van der Waals surface area contributed by atoms with Gasteiger partial charge in [-0.05, 0) is 30.0 Å². The lowest BCUT2D eigenvalue weighted by atomic mass is 9.93. The summed E-state index contributed by atoms with van der Waals surface area (Å²) in [5.41, 5.74) is 9.66. The van der Waals surface area contributed by atoms with Crippen molar-refractivity contribution in [3.63, 3.8) is 0 Å². The van der Waals surface area contributed by atoms with Crippen molar-refractivity contribution in [2.45, 2.75) is 25.9 Å². The minimum Gasteiger partial charge on any atom is -0.462 e. The molecular weight excluding hydrogens is 438 g/mol. The van der Waals surface area contributed by atoms with Gasteiger partial charge in [-0.1, -0.05) is 54.6 Å². The molecule has 3 aromatic rings. The molecule has 7 nitrogen and oxygen atoms in total. The Morgan fingerprint density at radius 1 is 1.09 bits per heavy atom. The first-order valence-corrected chi connectivity index (χ1v) is 11.6. The smallest absolute Gasteiger partial charge is 0.341 e. The molecule has 0 aliphatic carbocycles. The maximum Gasteiger partial charge on any atom is 0.341 e. The molecule has 0 saturated carbocycles. The molecule has 0 saturated heterocycles. The molecule has 1 aliphatic heterocycles. The fraction of sp³-hybridized carbons (Fsp3) is 0.240. The summed E-state index contributed by atoms with van der Waals surface area (Å²) in [6.45, 7) is 2.39. The summed E-state index contributed by atoms with van der Waals surface area (Å²) in [5.74, 6) is -1.28. The van der Waals surface area contributed by atoms with Gasteiger partial charge >= 0.3 is 5.97 Å². The molecule has 0 radical (unpaired) electrons. The number of benzene rings is 2. The number of esters is 1. The molecule has 0 fully saturated rings. The Hall–Kier alpha value is -3.49. The number of nitrogens with one attached hydrogen (secondary N) is 1. The van der Waals surface area contributed by atoms with E-state index in [-0.39, 0.29) is 19.1 Å². The standard InChI is InChI=1S/C25H25N3O4S/c1-2-32-25(31)22-19(16-8-4-3-5-9-16)15-33-24(22)27-21(29)14-28-13-18-11-7-6-10-17(18)12-20(28)23(26)30/h3-11,15,20H,2,12-14H2,1H3,(H2,26,30)(H,27,29)/t20-/m0/s1. The first-order valence-electron chi connectivity index (χ1n) is 10.7. The summed E-state index contributed by atoms with van der Waals surface area (Å²) in [6.07, 6.45) is 0.462. The SMILES string of the molecule is CCOC(=O)c1c(-c2ccccc2)csc1NC(=O)CN1Cc2ccccc2C[C@H]1C(N)=O. The van der Waals surface area contributed by atoms with E-state index in [9.17, 15) is 14.4 Å². The normalized spacial score (nSPS) is 15.5. The Morgan fingerprint density at radius 2 is 1.79 bits per heavy atom. The van der Waals surface area contributed by atoms with Crippen LogP contribution < -0.4 is 11.1 Å². The molecule has 2 amide bonds. The number of primary amides is 1. The Kier molecular flexibility index (Phi) is 6.86. The number of carbonyl (C=O) groups excluding carboxylic acids is 3. The minimum absolute atomic E-state index is 0.0250. The van der Waals surface area contributed by atoms with Crippen molar-refractivity contribution >= 4 is 34.1 Å². The van der Waals surface area contributed by atoms with Crippen molar-refractivity contribution in [1.82, 2.24) is 4.90 Å². The molecular formula is C25H25N3O4S. The number of rotatable bonds is 7. The number of hydrogen-bond donors (Lipinski definition) is 2. The molecule has 2 heterocycles. The zero-order valence-corrected chi connectivity index (χ0v) is 19.1. The lowest BCUT2D eigenvalue weighted by Crippen LogP contribution is -2.50. The van der Waals surface area contributed by atoms with Gasteiger partial charge in [0.15, 0.2) is 0 Å². The number of ether oxygens (including phenoxy) is 1. The average Bonchev–Trinajstić information content (AvgIpc) is 3.22. The summed E-state index contributed by atoms with van der Waals surface area (Å²) < 4.78 is 5.25. The van der Waals surface area contributed by atoms with Crippen molar-refractivity contribution in [1.29, 1.82) is 0 Å². The lowest BCUT2D eigenvalue weighted by Gasteiger charge is -2.34. The maximum atomic E-state index is 13.0. The molecule has 0 spiro atoms. The van der Waals surface area contributed by atoms with Gasteiger partial charge < -0.3 is 15.8 Å². The van der Waals surface area contributed by atoms with Crippen molar-refractivity contribution in [2.24, 2.45) is 5.73 Å². The molecule has 0 bridgehead atoms. The summed E-state index contributed by atoms with van der Waals surface area (Å²) in [7, 11) is 0. The number of amides is 2. The molecule has 4 rings (SSSR count). The first-order chi connectivity index (χ1) is 16.0. The molecule has 33 heavy (non-hydrogen) atoms. The van der Waals surface area contributed by atoms with Crippen LogP contribution >= 0.6 is 11.3 Å². The second kappa shape index (κ2) is 9.97. The Morgan fingerprint density at radius 3 is 2.48 bits per heavy atom. The van der Waals surface area contributed by atoms with Gasteiger partial charge in [-0.25, -0.2) is 4.79 Å². The van der Waals surface area contributed by atoms with Crippen LogP contribution in [-0.2, 0) is 27.3 Å². The monoisotopic (exact) mass is 463 g/mol. The van der Waals surface area contributed by atoms with E-state index in [4.69, 9.17) is 10.5 Å². The zero-order valence-electron chi connectivity index (χ0n) is 18.2. The second-order valence-corrected chi connectivity index (χ2v) is 8.66. The molecule has 1 atom stereocenters. The number of hydrogen-bond acceptors (Lipinski definition) is 6. The van der Waals surface area contributed by atoms with E-state index in [1.807, 2.05) is 60.0 Å². The van der Waals surface area contributed by atoms with Gasteiger partial charge in [-0.2, -0.15) is 0 Å². The Labute approximate surface area is 196 Å². The van der Waals surface area contributed by atoms with Gasteiger partial charge in [0, 0.05) is 17.5 Å². The zero-order chi connectivity index (χ0) is 23.4. The highest BCUT2D eigenvalue weighted by Crippen LogP contribution is 2.36. The Balaban J connectivity index is 1.56. The quantitative estimate of drug-likeness (QED) is 0.523. The minimum atomic E-state index is -0.571. The van der Waals surface area contributed by atoms with Crippen LogP contribution in [0.1, 0.15) is 28.4 Å². The van der Waals surface area contributed by atoms with E-state index in [0.29, 0.717) is 29.1 Å². The number of fused-ring (bicyclic) bond motifs is 1. The van der Waals surface area contributed by atoms with E-state index >= 15 is 0 Å². The fourth-order valence-corrected chi connectivity index (χ4v) is 5.03. The fourth-order valence-electron chi connectivity index (χ4n) is 4.06. The van der Waals surface area contributed by atoms with Gasteiger partial charge in [-0.3, -0.25) is 14.5 Å². The van der Waals surface area contributed by atoms with Crippen LogP contribution in [-0.4, -0.2) is 41.9 Å². The summed E-state index contributed by atoms with van der Waals surface area (Å²) in [4.78, 5) is 39.6. The number of thiophene rings is 1. The lowest BCUT2D eigenvalue weighted by molar-refractivity contribution is -0.125. The third-order valence-corrected chi connectivity index (χ3v) is 6.52. The molecule has 3 N–H and O–H groups in total. The first kappa shape index (κ1) is 22.7. The molecule has 170 valence electrons. The number of nitrogens with zero attached hydrogens (tertiary/aromatic N) is 1. The van der Waals surface area contributed by atoms with E-state index in [1.54, 1.807) is 11.8 Å². The van der Waals surface area contributed by atoms with Gasteiger partial charge in [0.25, 0.3) is 0 Å². The molecule has 1 aliphatic rings. The van der Waals surface area contributed by atoms with E-state index < -0.39 is 17.9 Å². The van der Waals surface area contributed by atoms with E-state index in [2.05, 4.69) is 5.32 Å². The van der Waals surface area contributed by atoms with Crippen LogP contribution in [0.15, 0.2) is 60.0 Å². The highest BCUT2D eigenvalue weighted by Gasteiger charge is 2.32. The van der Waals surface area contributed by atoms with Crippen LogP contribution in [0.5, 0.6) is 0 Å². The topological polar surface area (TPSA) is 102 Å². The van der Waals surface area contributed by atoms with Crippen molar-refractivity contribution in [3.05, 3.63) is 76.7 Å². The van der Waals surface area contributed by atoms with Gasteiger partial charge in [0.1, 0.15) is 10.6 Å². The summed E-state index contributed by atoms with van der Waals surface area (Å²) in [6, 6.07) is 16.7. The molecule has 0 unspecified atom stereocenters. The molecule has 2 aromatic carbocycles.